The van der Waals surface area contributed by atoms with Gasteiger partial charge in [-0.15, -0.1) is 0 Å². The molecule has 0 spiro atoms. The first-order chi connectivity index (χ1) is 12.6. The highest BCUT2D eigenvalue weighted by Gasteiger charge is 2.34. The molecular formula is C21H19N3O2. The number of hydrogen-bond acceptors (Lipinski definition) is 4. The molecule has 0 radical (unpaired) electrons. The van der Waals surface area contributed by atoms with Gasteiger partial charge < -0.3 is 4.74 Å². The van der Waals surface area contributed by atoms with Crippen LogP contribution in [-0.2, 0) is 11.3 Å². The Morgan fingerprint density at radius 3 is 2.27 bits per heavy atom. The van der Waals surface area contributed by atoms with Crippen molar-refractivity contribution >= 4 is 6.09 Å². The molecule has 5 heteroatoms. The largest absolute Gasteiger partial charge is 0.444 e. The molecule has 0 aliphatic carbocycles. The fraction of sp³-hybridized carbons (Fsp3) is 0.190. The minimum atomic E-state index is -1.26. The van der Waals surface area contributed by atoms with Gasteiger partial charge in [0.05, 0.1) is 12.1 Å². The van der Waals surface area contributed by atoms with Crippen LogP contribution in [0.2, 0.25) is 0 Å². The van der Waals surface area contributed by atoms with E-state index in [1.54, 1.807) is 13.0 Å². The molecule has 0 saturated carbocycles. The average Bonchev–Trinajstić information content (AvgIpc) is 2.70. The second-order valence-corrected chi connectivity index (χ2v) is 5.88. The van der Waals surface area contributed by atoms with Crippen LogP contribution in [0.3, 0.4) is 0 Å². The molecule has 2 rings (SSSR count). The molecule has 0 aliphatic rings. The molecule has 0 saturated heterocycles. The summed E-state index contributed by atoms with van der Waals surface area (Å²) < 4.78 is 5.12. The van der Waals surface area contributed by atoms with E-state index in [4.69, 9.17) is 4.74 Å². The Kier molecular flexibility index (Phi) is 6.53. The van der Waals surface area contributed by atoms with Crippen molar-refractivity contribution in [3.05, 3.63) is 84.1 Å². The molecule has 0 heterocycles. The highest BCUT2D eigenvalue weighted by atomic mass is 16.5. The van der Waals surface area contributed by atoms with Crippen molar-refractivity contribution < 1.29 is 9.53 Å². The highest BCUT2D eigenvalue weighted by molar-refractivity contribution is 5.68. The maximum atomic E-state index is 11.8. The normalized spacial score (nSPS) is 12.0. The second-order valence-electron chi connectivity index (χ2n) is 5.88. The first-order valence-electron chi connectivity index (χ1n) is 8.10. The number of benzene rings is 2. The second kappa shape index (κ2) is 9.05. The van der Waals surface area contributed by atoms with Gasteiger partial charge in [0.1, 0.15) is 6.61 Å². The number of carbonyl (C=O) groups excluding carboxylic acids is 1. The SMILES string of the molecule is CC(C#N)(C#N)C(/C=C/NC(=O)OCc1ccccc1)c1ccccc1. The number of allylic oxidation sites excluding steroid dienone is 1. The minimum absolute atomic E-state index is 0.163. The summed E-state index contributed by atoms with van der Waals surface area (Å²) in [5.41, 5.74) is 0.442. The van der Waals surface area contributed by atoms with Gasteiger partial charge in [-0.25, -0.2) is 4.79 Å². The van der Waals surface area contributed by atoms with Crippen LogP contribution in [0, 0.1) is 28.1 Å². The molecule has 0 fully saturated rings. The summed E-state index contributed by atoms with van der Waals surface area (Å²) in [5, 5.41) is 21.3. The zero-order valence-corrected chi connectivity index (χ0v) is 14.4. The van der Waals surface area contributed by atoms with E-state index in [1.807, 2.05) is 60.7 Å². The van der Waals surface area contributed by atoms with Crippen LogP contribution in [0.15, 0.2) is 72.9 Å². The summed E-state index contributed by atoms with van der Waals surface area (Å²) in [6.07, 6.45) is 2.44. The predicted octanol–water partition coefficient (Wildman–Crippen LogP) is 4.26. The molecule has 1 amide bonds. The van der Waals surface area contributed by atoms with Gasteiger partial charge in [-0.1, -0.05) is 66.7 Å². The third kappa shape index (κ3) is 4.96. The average molecular weight is 345 g/mol. The van der Waals surface area contributed by atoms with Crippen molar-refractivity contribution in [1.82, 2.24) is 5.32 Å². The van der Waals surface area contributed by atoms with Gasteiger partial charge in [-0.2, -0.15) is 10.5 Å². The smallest absolute Gasteiger partial charge is 0.411 e. The number of nitrogens with one attached hydrogen (secondary N) is 1. The molecule has 2 aromatic rings. The van der Waals surface area contributed by atoms with Crippen LogP contribution < -0.4 is 5.32 Å². The lowest BCUT2D eigenvalue weighted by Gasteiger charge is -2.23. The maximum absolute atomic E-state index is 11.8. The van der Waals surface area contributed by atoms with E-state index in [0.29, 0.717) is 0 Å². The first kappa shape index (κ1) is 18.8. The summed E-state index contributed by atoms with van der Waals surface area (Å²) in [6.45, 7) is 1.74. The number of hydrogen-bond donors (Lipinski definition) is 1. The number of rotatable bonds is 6. The van der Waals surface area contributed by atoms with Crippen LogP contribution in [0.5, 0.6) is 0 Å². The maximum Gasteiger partial charge on any atom is 0.411 e. The lowest BCUT2D eigenvalue weighted by atomic mass is 9.75. The Balaban J connectivity index is 2.03. The third-order valence-corrected chi connectivity index (χ3v) is 3.95. The topological polar surface area (TPSA) is 85.9 Å². The molecule has 26 heavy (non-hydrogen) atoms. The number of nitrogens with zero attached hydrogens (tertiary/aromatic N) is 2. The van der Waals surface area contributed by atoms with Crippen LogP contribution >= 0.6 is 0 Å². The lowest BCUT2D eigenvalue weighted by molar-refractivity contribution is 0.143. The minimum Gasteiger partial charge on any atom is -0.444 e. The van der Waals surface area contributed by atoms with Crippen LogP contribution in [-0.4, -0.2) is 6.09 Å². The zero-order valence-electron chi connectivity index (χ0n) is 14.4. The van der Waals surface area contributed by atoms with Gasteiger partial charge in [0.25, 0.3) is 0 Å². The molecule has 1 atom stereocenters. The van der Waals surface area contributed by atoms with Gasteiger partial charge in [-0.3, -0.25) is 5.32 Å². The monoisotopic (exact) mass is 345 g/mol. The summed E-state index contributed by atoms with van der Waals surface area (Å²) in [6, 6.07) is 22.7. The van der Waals surface area contributed by atoms with Crippen molar-refractivity contribution in [1.29, 1.82) is 10.5 Å². The van der Waals surface area contributed by atoms with E-state index in [2.05, 4.69) is 17.5 Å². The van der Waals surface area contributed by atoms with E-state index >= 15 is 0 Å². The lowest BCUT2D eigenvalue weighted by Crippen LogP contribution is -2.23. The summed E-state index contributed by atoms with van der Waals surface area (Å²) >= 11 is 0. The van der Waals surface area contributed by atoms with Crippen molar-refractivity contribution in [2.24, 2.45) is 5.41 Å². The molecule has 0 bridgehead atoms. The van der Waals surface area contributed by atoms with Crippen molar-refractivity contribution in [3.8, 4) is 12.1 Å². The van der Waals surface area contributed by atoms with Crippen LogP contribution in [0.25, 0.3) is 0 Å². The fourth-order valence-corrected chi connectivity index (χ4v) is 2.44. The van der Waals surface area contributed by atoms with E-state index in [1.165, 1.54) is 6.20 Å². The van der Waals surface area contributed by atoms with E-state index in [0.717, 1.165) is 11.1 Å². The Hall–Kier alpha value is -3.57. The molecule has 0 aliphatic heterocycles. The number of carbonyl (C=O) groups is 1. The quantitative estimate of drug-likeness (QED) is 0.847. The predicted molar refractivity (Wildman–Crippen MR) is 97.4 cm³/mol. The highest BCUT2D eigenvalue weighted by Crippen LogP contribution is 2.35. The molecule has 0 aromatic heterocycles. The van der Waals surface area contributed by atoms with E-state index < -0.39 is 17.4 Å². The Bertz CT molecular complexity index is 819. The summed E-state index contributed by atoms with van der Waals surface area (Å²) in [4.78, 5) is 11.8. The zero-order chi connectivity index (χ0) is 18.8. The molecule has 1 unspecified atom stereocenters. The van der Waals surface area contributed by atoms with Gasteiger partial charge in [0.15, 0.2) is 5.41 Å². The van der Waals surface area contributed by atoms with Gasteiger partial charge in [-0.05, 0) is 18.1 Å². The number of nitriles is 2. The molecule has 1 N–H and O–H groups in total. The fourth-order valence-electron chi connectivity index (χ4n) is 2.44. The van der Waals surface area contributed by atoms with Gasteiger partial charge in [0, 0.05) is 12.1 Å². The van der Waals surface area contributed by atoms with Gasteiger partial charge in [0.2, 0.25) is 0 Å². The Labute approximate surface area is 153 Å². The molecule has 5 nitrogen and oxygen atoms in total. The number of ether oxygens (including phenoxy) is 1. The van der Waals surface area contributed by atoms with Crippen molar-refractivity contribution in [3.63, 3.8) is 0 Å². The molecule has 2 aromatic carbocycles. The Morgan fingerprint density at radius 1 is 1.12 bits per heavy atom. The summed E-state index contributed by atoms with van der Waals surface area (Å²) in [5.74, 6) is -0.492. The number of amides is 1. The molecular weight excluding hydrogens is 326 g/mol. The van der Waals surface area contributed by atoms with Crippen molar-refractivity contribution in [2.45, 2.75) is 19.4 Å². The standard InChI is InChI=1S/C21H19N3O2/c1-21(15-22,16-23)19(18-10-6-3-7-11-18)12-13-24-20(25)26-14-17-8-4-2-5-9-17/h2-13,19H,14H2,1H3,(H,24,25)/b13-12+. The third-order valence-electron chi connectivity index (χ3n) is 3.95. The van der Waals surface area contributed by atoms with Crippen molar-refractivity contribution in [2.75, 3.05) is 0 Å². The van der Waals surface area contributed by atoms with Gasteiger partial charge >= 0.3 is 6.09 Å². The van der Waals surface area contributed by atoms with E-state index in [-0.39, 0.29) is 6.61 Å². The van der Waals surface area contributed by atoms with Crippen LogP contribution in [0.4, 0.5) is 4.79 Å². The Morgan fingerprint density at radius 2 is 1.69 bits per heavy atom. The first-order valence-corrected chi connectivity index (χ1v) is 8.10. The number of alkyl carbamates (subject to hydrolysis) is 1. The summed E-state index contributed by atoms with van der Waals surface area (Å²) in [7, 11) is 0. The van der Waals surface area contributed by atoms with Crippen LogP contribution in [0.1, 0.15) is 24.0 Å². The van der Waals surface area contributed by atoms with E-state index in [9.17, 15) is 15.3 Å². The molecule has 130 valence electrons.